The van der Waals surface area contributed by atoms with Crippen molar-refractivity contribution in [3.8, 4) is 0 Å². The second-order valence-electron chi connectivity index (χ2n) is 1.87. The van der Waals surface area contributed by atoms with Gasteiger partial charge in [-0.2, -0.15) is 0 Å². The Hall–Kier alpha value is 0.920. The van der Waals surface area contributed by atoms with Crippen LogP contribution in [0, 0.1) is 0 Å². The van der Waals surface area contributed by atoms with Crippen molar-refractivity contribution >= 4 is 0 Å². The van der Waals surface area contributed by atoms with E-state index in [4.69, 9.17) is 0 Å². The Bertz CT molecular complexity index is 56.9. The second kappa shape index (κ2) is 4.77. The Kier molecular flexibility index (Phi) is 5.31. The summed E-state index contributed by atoms with van der Waals surface area (Å²) in [6, 6.07) is 0. The average Bonchev–Trinajstić information content (AvgIpc) is 2.14. The maximum absolute atomic E-state index is 3.25. The maximum Gasteiger partial charge on any atom is 1.00 e. The maximum atomic E-state index is 3.25. The van der Waals surface area contributed by atoms with Crippen molar-refractivity contribution < 1.29 is 31.0 Å². The number of hydrogen-bond donors (Lipinski definition) is 1. The molecule has 0 aromatic rings. The van der Waals surface area contributed by atoms with Crippen molar-refractivity contribution in [3.05, 3.63) is 0 Å². The van der Waals surface area contributed by atoms with Gasteiger partial charge in [0.15, 0.2) is 0 Å². The van der Waals surface area contributed by atoms with Crippen molar-refractivity contribution in [2.24, 2.45) is 0 Å². The zero-order valence-electron chi connectivity index (χ0n) is 6.78. The molecule has 1 aliphatic heterocycles. The summed E-state index contributed by atoms with van der Waals surface area (Å²) >= 11 is 0. The molecular weight excluding hydrogens is 111 g/mol. The standard InChI is InChI=1S/C5H12N2.Na.H/c1-2-7-4-3-6-5-7;;/h6H,2-5H2,1H3;;/q;+1;-1. The Morgan fingerprint density at radius 2 is 2.50 bits per heavy atom. The molecule has 0 saturated carbocycles. The fraction of sp³-hybridized carbons (Fsp3) is 1.00. The van der Waals surface area contributed by atoms with Crippen LogP contribution in [0.5, 0.6) is 0 Å². The summed E-state index contributed by atoms with van der Waals surface area (Å²) in [5.41, 5.74) is 0. The number of rotatable bonds is 1. The van der Waals surface area contributed by atoms with Gasteiger partial charge in [-0.15, -0.1) is 0 Å². The summed E-state index contributed by atoms with van der Waals surface area (Å²) in [7, 11) is 0. The molecule has 2 nitrogen and oxygen atoms in total. The molecule has 0 amide bonds. The fourth-order valence-corrected chi connectivity index (χ4v) is 0.823. The van der Waals surface area contributed by atoms with Gasteiger partial charge in [-0.05, 0) is 6.54 Å². The van der Waals surface area contributed by atoms with Gasteiger partial charge in [0.25, 0.3) is 0 Å². The Morgan fingerprint density at radius 1 is 1.75 bits per heavy atom. The Labute approximate surface area is 74.4 Å². The summed E-state index contributed by atoms with van der Waals surface area (Å²) in [5, 5.41) is 3.25. The van der Waals surface area contributed by atoms with Crippen LogP contribution in [-0.2, 0) is 0 Å². The van der Waals surface area contributed by atoms with E-state index in [0.29, 0.717) is 0 Å². The van der Waals surface area contributed by atoms with Gasteiger partial charge in [0.2, 0.25) is 0 Å². The first-order valence-corrected chi connectivity index (χ1v) is 2.86. The number of nitrogens with zero attached hydrogens (tertiary/aromatic N) is 1. The first-order valence-electron chi connectivity index (χ1n) is 2.86. The topological polar surface area (TPSA) is 15.3 Å². The number of hydrogen-bond acceptors (Lipinski definition) is 2. The monoisotopic (exact) mass is 124 g/mol. The van der Waals surface area contributed by atoms with Crippen molar-refractivity contribution in [1.29, 1.82) is 0 Å². The molecule has 8 heavy (non-hydrogen) atoms. The molecule has 0 radical (unpaired) electrons. The molecule has 0 aromatic carbocycles. The third kappa shape index (κ3) is 2.46. The molecule has 0 aliphatic carbocycles. The van der Waals surface area contributed by atoms with E-state index in [-0.39, 0.29) is 31.0 Å². The van der Waals surface area contributed by atoms with Crippen molar-refractivity contribution in [2.45, 2.75) is 6.92 Å². The van der Waals surface area contributed by atoms with Gasteiger partial charge < -0.3 is 6.74 Å². The van der Waals surface area contributed by atoms with Gasteiger partial charge in [0.1, 0.15) is 0 Å². The fourth-order valence-electron chi connectivity index (χ4n) is 0.823. The van der Waals surface area contributed by atoms with E-state index < -0.39 is 0 Å². The molecule has 0 unspecified atom stereocenters. The quantitative estimate of drug-likeness (QED) is 0.374. The van der Waals surface area contributed by atoms with E-state index in [9.17, 15) is 0 Å². The van der Waals surface area contributed by atoms with E-state index in [2.05, 4.69) is 17.1 Å². The van der Waals surface area contributed by atoms with Crippen molar-refractivity contribution in [3.63, 3.8) is 0 Å². The van der Waals surface area contributed by atoms with Gasteiger partial charge in [0, 0.05) is 19.8 Å². The minimum absolute atomic E-state index is 0. The smallest absolute Gasteiger partial charge is 1.00 e. The van der Waals surface area contributed by atoms with E-state index in [1.807, 2.05) is 0 Å². The van der Waals surface area contributed by atoms with Crippen molar-refractivity contribution in [1.82, 2.24) is 10.2 Å². The molecule has 0 aromatic heterocycles. The van der Waals surface area contributed by atoms with E-state index in [1.165, 1.54) is 19.6 Å². The summed E-state index contributed by atoms with van der Waals surface area (Å²) in [4.78, 5) is 2.38. The number of nitrogens with one attached hydrogen (secondary N) is 1. The molecule has 1 fully saturated rings. The van der Waals surface area contributed by atoms with Crippen LogP contribution in [0.1, 0.15) is 8.35 Å². The molecule has 1 N–H and O–H groups in total. The third-order valence-electron chi connectivity index (χ3n) is 1.39. The SMILES string of the molecule is CCN1CCNC1.[H-].[Na+]. The predicted molar refractivity (Wildman–Crippen MR) is 31.2 cm³/mol. The Balaban J connectivity index is 0. The van der Waals surface area contributed by atoms with Crippen LogP contribution in [-0.4, -0.2) is 31.2 Å². The average molecular weight is 124 g/mol. The molecular formula is C5H13N2Na. The first-order chi connectivity index (χ1) is 3.43. The summed E-state index contributed by atoms with van der Waals surface area (Å²) in [6.07, 6.45) is 0. The summed E-state index contributed by atoms with van der Waals surface area (Å²) in [5.74, 6) is 0. The molecule has 0 atom stereocenters. The van der Waals surface area contributed by atoms with Gasteiger partial charge in [-0.3, -0.25) is 4.90 Å². The molecule has 1 heterocycles. The summed E-state index contributed by atoms with van der Waals surface area (Å²) < 4.78 is 0. The molecule has 1 rings (SSSR count). The van der Waals surface area contributed by atoms with Crippen LogP contribution >= 0.6 is 0 Å². The van der Waals surface area contributed by atoms with Gasteiger partial charge >= 0.3 is 29.6 Å². The van der Waals surface area contributed by atoms with Crippen LogP contribution in [0.15, 0.2) is 0 Å². The third-order valence-corrected chi connectivity index (χ3v) is 1.39. The predicted octanol–water partition coefficient (Wildman–Crippen LogP) is -3.01. The molecule has 1 aliphatic rings. The zero-order chi connectivity index (χ0) is 5.11. The minimum atomic E-state index is 0. The first kappa shape index (κ1) is 8.92. The van der Waals surface area contributed by atoms with E-state index in [0.717, 1.165) is 6.67 Å². The van der Waals surface area contributed by atoms with Crippen LogP contribution in [0.4, 0.5) is 0 Å². The molecule has 3 heteroatoms. The summed E-state index contributed by atoms with van der Waals surface area (Å²) in [6.45, 7) is 6.88. The van der Waals surface area contributed by atoms with Crippen LogP contribution in [0.2, 0.25) is 0 Å². The van der Waals surface area contributed by atoms with E-state index in [1.54, 1.807) is 0 Å². The zero-order valence-corrected chi connectivity index (χ0v) is 7.78. The molecule has 1 saturated heterocycles. The van der Waals surface area contributed by atoms with Gasteiger partial charge in [-0.1, -0.05) is 6.92 Å². The van der Waals surface area contributed by atoms with Crippen molar-refractivity contribution in [2.75, 3.05) is 26.3 Å². The van der Waals surface area contributed by atoms with E-state index >= 15 is 0 Å². The normalized spacial score (nSPS) is 20.6. The largest absolute Gasteiger partial charge is 1.00 e. The Morgan fingerprint density at radius 3 is 2.75 bits per heavy atom. The molecule has 44 valence electrons. The second-order valence-corrected chi connectivity index (χ2v) is 1.87. The minimum Gasteiger partial charge on any atom is -1.00 e. The molecule has 0 spiro atoms. The van der Waals surface area contributed by atoms with Gasteiger partial charge in [-0.25, -0.2) is 0 Å². The van der Waals surface area contributed by atoms with Crippen LogP contribution in [0.25, 0.3) is 0 Å². The number of likely N-dealkylation sites (N-methyl/N-ethyl adjacent to an activating group) is 1. The van der Waals surface area contributed by atoms with Crippen LogP contribution in [0.3, 0.4) is 0 Å². The molecule has 0 bridgehead atoms. The van der Waals surface area contributed by atoms with Crippen LogP contribution < -0.4 is 34.9 Å². The van der Waals surface area contributed by atoms with Gasteiger partial charge in [0.05, 0.1) is 0 Å².